The molecule has 0 unspecified atom stereocenters. The van der Waals surface area contributed by atoms with Crippen molar-refractivity contribution in [1.82, 2.24) is 0 Å². The Balaban J connectivity index is 4.55. The zero-order valence-electron chi connectivity index (χ0n) is 40.3. The van der Waals surface area contributed by atoms with Crippen LogP contribution in [0, 0.1) is 0 Å². The predicted octanol–water partition coefficient (Wildman–Crippen LogP) is 16.5. The van der Waals surface area contributed by atoms with Crippen molar-refractivity contribution >= 4 is 17.9 Å². The molecule has 0 rings (SSSR count). The molecule has 0 bridgehead atoms. The molecular formula is C57H90O6. The van der Waals surface area contributed by atoms with Crippen LogP contribution in [0.4, 0.5) is 0 Å². The van der Waals surface area contributed by atoms with Crippen LogP contribution in [0.15, 0.2) is 122 Å². The number of ether oxygens (including phenoxy) is 3. The largest absolute Gasteiger partial charge is 0.462 e. The molecule has 6 heteroatoms. The Bertz CT molecular complexity index is 1370. The van der Waals surface area contributed by atoms with Gasteiger partial charge in [0.2, 0.25) is 0 Å². The molecule has 354 valence electrons. The van der Waals surface area contributed by atoms with Gasteiger partial charge in [-0.2, -0.15) is 0 Å². The molecule has 0 heterocycles. The Morgan fingerprint density at radius 3 is 1.06 bits per heavy atom. The fraction of sp³-hybridized carbons (Fsp3) is 0.596. The third kappa shape index (κ3) is 48.7. The molecule has 0 fully saturated rings. The predicted molar refractivity (Wildman–Crippen MR) is 269 cm³/mol. The van der Waals surface area contributed by atoms with Crippen molar-refractivity contribution in [1.29, 1.82) is 0 Å². The van der Waals surface area contributed by atoms with Crippen LogP contribution in [0.3, 0.4) is 0 Å². The van der Waals surface area contributed by atoms with Gasteiger partial charge in [0.15, 0.2) is 6.10 Å². The van der Waals surface area contributed by atoms with Gasteiger partial charge in [0, 0.05) is 19.3 Å². The summed E-state index contributed by atoms with van der Waals surface area (Å²) < 4.78 is 16.7. The zero-order chi connectivity index (χ0) is 45.8. The van der Waals surface area contributed by atoms with E-state index in [1.54, 1.807) is 0 Å². The number of esters is 3. The van der Waals surface area contributed by atoms with E-state index in [0.717, 1.165) is 96.3 Å². The van der Waals surface area contributed by atoms with E-state index in [9.17, 15) is 14.4 Å². The lowest BCUT2D eigenvalue weighted by atomic mass is 10.1. The summed E-state index contributed by atoms with van der Waals surface area (Å²) >= 11 is 0. The first-order chi connectivity index (χ1) is 31.0. The third-order valence-electron chi connectivity index (χ3n) is 9.98. The van der Waals surface area contributed by atoms with Crippen molar-refractivity contribution in [2.75, 3.05) is 13.2 Å². The maximum absolute atomic E-state index is 12.7. The SMILES string of the molecule is CC/C=C\C/C=C\C/C=C\C/C=C\C/C=C\C/C=C\CCC(=O)OC[C@H](COC(=O)CCCC/C=C\C/C=C\C/C=C\C/C=C\CC)OC(=O)CCCCCCCCCCCCC. The number of unbranched alkanes of at least 4 members (excludes halogenated alkanes) is 12. The highest BCUT2D eigenvalue weighted by atomic mass is 16.6. The molecule has 0 amide bonds. The number of rotatable bonds is 43. The van der Waals surface area contributed by atoms with Crippen molar-refractivity contribution in [2.24, 2.45) is 0 Å². The van der Waals surface area contributed by atoms with Crippen molar-refractivity contribution in [3.63, 3.8) is 0 Å². The minimum absolute atomic E-state index is 0.125. The maximum atomic E-state index is 12.7. The summed E-state index contributed by atoms with van der Waals surface area (Å²) in [5.74, 6) is -1.06. The fourth-order valence-corrected chi connectivity index (χ4v) is 6.28. The lowest BCUT2D eigenvalue weighted by Crippen LogP contribution is -2.30. The highest BCUT2D eigenvalue weighted by Crippen LogP contribution is 2.13. The van der Waals surface area contributed by atoms with Crippen LogP contribution in [-0.4, -0.2) is 37.2 Å². The van der Waals surface area contributed by atoms with Crippen LogP contribution >= 0.6 is 0 Å². The van der Waals surface area contributed by atoms with Crippen molar-refractivity contribution < 1.29 is 28.6 Å². The lowest BCUT2D eigenvalue weighted by Gasteiger charge is -2.18. The Kier molecular flexibility index (Phi) is 47.1. The summed E-state index contributed by atoms with van der Waals surface area (Å²) in [4.78, 5) is 37.9. The summed E-state index contributed by atoms with van der Waals surface area (Å²) in [6.07, 6.45) is 69.1. The molecule has 0 radical (unpaired) electrons. The molecule has 0 aliphatic rings. The van der Waals surface area contributed by atoms with Gasteiger partial charge in [0.25, 0.3) is 0 Å². The van der Waals surface area contributed by atoms with Gasteiger partial charge < -0.3 is 14.2 Å². The van der Waals surface area contributed by atoms with Gasteiger partial charge >= 0.3 is 17.9 Å². The second kappa shape index (κ2) is 50.5. The highest BCUT2D eigenvalue weighted by Gasteiger charge is 2.19. The molecule has 0 aliphatic carbocycles. The van der Waals surface area contributed by atoms with Gasteiger partial charge in [-0.25, -0.2) is 0 Å². The second-order valence-electron chi connectivity index (χ2n) is 16.0. The molecule has 0 aromatic heterocycles. The standard InChI is InChI=1S/C57H90O6/c1-4-7-10-13-16-19-22-24-26-27-28-29-31-33-36-38-41-44-47-50-56(59)62-53-54(63-57(60)51-48-45-42-39-34-21-18-15-12-9-6-3)52-61-55(58)49-46-43-40-37-35-32-30-25-23-20-17-14-11-8-5-2/h7-8,10-11,16-17,19-20,24-26,28-30,33,35-37,41,44,54H,4-6,9,12-15,18,21-23,27,31-32,34,38-40,42-43,45-53H2,1-3H3/b10-7-,11-8-,19-16-,20-17-,26-24-,29-28-,30-25-,36-33-,37-35-,44-41-/t54-/m0/s1. The molecule has 0 aliphatic heterocycles. The first-order valence-electron chi connectivity index (χ1n) is 25.0. The van der Waals surface area contributed by atoms with Crippen LogP contribution in [0.5, 0.6) is 0 Å². The first kappa shape index (κ1) is 58.8. The molecule has 0 N–H and O–H groups in total. The normalized spacial score (nSPS) is 13.1. The zero-order valence-corrected chi connectivity index (χ0v) is 40.3. The number of carbonyl (C=O) groups is 3. The van der Waals surface area contributed by atoms with Crippen LogP contribution in [-0.2, 0) is 28.6 Å². The number of allylic oxidation sites excluding steroid dienone is 20. The van der Waals surface area contributed by atoms with E-state index < -0.39 is 6.10 Å². The number of hydrogen-bond acceptors (Lipinski definition) is 6. The Labute approximate surface area is 386 Å². The monoisotopic (exact) mass is 871 g/mol. The minimum Gasteiger partial charge on any atom is -0.462 e. The van der Waals surface area contributed by atoms with E-state index in [2.05, 4.69) is 130 Å². The average Bonchev–Trinajstić information content (AvgIpc) is 3.28. The van der Waals surface area contributed by atoms with Gasteiger partial charge in [-0.3, -0.25) is 14.4 Å². The molecule has 0 saturated carbocycles. The van der Waals surface area contributed by atoms with Gasteiger partial charge in [-0.15, -0.1) is 0 Å². The van der Waals surface area contributed by atoms with E-state index >= 15 is 0 Å². The van der Waals surface area contributed by atoms with Crippen LogP contribution in [0.1, 0.15) is 201 Å². The summed E-state index contributed by atoms with van der Waals surface area (Å²) in [6, 6.07) is 0. The van der Waals surface area contributed by atoms with E-state index in [0.29, 0.717) is 25.7 Å². The Hall–Kier alpha value is -4.19. The summed E-state index contributed by atoms with van der Waals surface area (Å²) in [5, 5.41) is 0. The Morgan fingerprint density at radius 2 is 0.651 bits per heavy atom. The molecule has 6 nitrogen and oxygen atoms in total. The van der Waals surface area contributed by atoms with E-state index in [1.165, 1.54) is 51.4 Å². The van der Waals surface area contributed by atoms with E-state index in [-0.39, 0.29) is 37.5 Å². The second-order valence-corrected chi connectivity index (χ2v) is 16.0. The van der Waals surface area contributed by atoms with Crippen LogP contribution in [0.2, 0.25) is 0 Å². The van der Waals surface area contributed by atoms with Gasteiger partial charge in [-0.1, -0.05) is 206 Å². The highest BCUT2D eigenvalue weighted by molar-refractivity contribution is 5.71. The fourth-order valence-electron chi connectivity index (χ4n) is 6.28. The van der Waals surface area contributed by atoms with Crippen molar-refractivity contribution in [3.8, 4) is 0 Å². The maximum Gasteiger partial charge on any atom is 0.306 e. The third-order valence-corrected chi connectivity index (χ3v) is 9.98. The van der Waals surface area contributed by atoms with Crippen molar-refractivity contribution in [3.05, 3.63) is 122 Å². The van der Waals surface area contributed by atoms with Crippen molar-refractivity contribution in [2.45, 2.75) is 207 Å². The number of carbonyl (C=O) groups excluding carboxylic acids is 3. The quantitative estimate of drug-likeness (QED) is 0.0263. The van der Waals surface area contributed by atoms with Gasteiger partial charge in [0.05, 0.1) is 0 Å². The molecule has 0 aromatic rings. The van der Waals surface area contributed by atoms with E-state index in [1.807, 2.05) is 12.2 Å². The van der Waals surface area contributed by atoms with Crippen LogP contribution < -0.4 is 0 Å². The van der Waals surface area contributed by atoms with Gasteiger partial charge in [0.1, 0.15) is 13.2 Å². The molecular weight excluding hydrogens is 781 g/mol. The van der Waals surface area contributed by atoms with E-state index in [4.69, 9.17) is 14.2 Å². The smallest absolute Gasteiger partial charge is 0.306 e. The molecule has 63 heavy (non-hydrogen) atoms. The molecule has 1 atom stereocenters. The Morgan fingerprint density at radius 1 is 0.333 bits per heavy atom. The molecule has 0 aromatic carbocycles. The average molecular weight is 871 g/mol. The van der Waals surface area contributed by atoms with Crippen LogP contribution in [0.25, 0.3) is 0 Å². The summed E-state index contributed by atoms with van der Waals surface area (Å²) in [6.45, 7) is 6.28. The van der Waals surface area contributed by atoms with Gasteiger partial charge in [-0.05, 0) is 96.3 Å². The first-order valence-corrected chi connectivity index (χ1v) is 25.0. The lowest BCUT2D eigenvalue weighted by molar-refractivity contribution is -0.166. The summed E-state index contributed by atoms with van der Waals surface area (Å²) in [7, 11) is 0. The topological polar surface area (TPSA) is 78.9 Å². The molecule has 0 saturated heterocycles. The summed E-state index contributed by atoms with van der Waals surface area (Å²) in [5.41, 5.74) is 0. The number of hydrogen-bond donors (Lipinski definition) is 0. The minimum atomic E-state index is -0.826. The molecule has 0 spiro atoms.